The second kappa shape index (κ2) is 9.82. The molecule has 1 fully saturated rings. The Labute approximate surface area is 191 Å². The fourth-order valence-corrected chi connectivity index (χ4v) is 4.03. The Balaban J connectivity index is 1.50. The van der Waals surface area contributed by atoms with Gasteiger partial charge in [0.15, 0.2) is 5.82 Å². The number of pyridine rings is 1. The van der Waals surface area contributed by atoms with Crippen LogP contribution in [-0.2, 0) is 6.54 Å². The molecule has 10 heteroatoms. The van der Waals surface area contributed by atoms with Crippen LogP contribution in [0, 0.1) is 5.92 Å². The van der Waals surface area contributed by atoms with E-state index in [1.165, 1.54) is 12.8 Å². The van der Waals surface area contributed by atoms with Gasteiger partial charge in [-0.3, -0.25) is 9.29 Å². The van der Waals surface area contributed by atoms with Gasteiger partial charge >= 0.3 is 0 Å². The number of nitrogens with zero attached hydrogens (tertiary/aromatic N) is 6. The molecule has 0 bridgehead atoms. The van der Waals surface area contributed by atoms with E-state index < -0.39 is 0 Å². The highest BCUT2D eigenvalue weighted by Gasteiger charge is 2.24. The van der Waals surface area contributed by atoms with Gasteiger partial charge in [-0.2, -0.15) is 0 Å². The number of aromatic nitrogens is 6. The van der Waals surface area contributed by atoms with Gasteiger partial charge in [0.25, 0.3) is 0 Å². The SMILES string of the molecule is COc1cccc(-c2nnc(NSC(C)C(C)c3ncc(Cl)cn3)n2CCC2CC2)n1. The summed E-state index contributed by atoms with van der Waals surface area (Å²) in [5.41, 5.74) is 0.747. The van der Waals surface area contributed by atoms with Crippen LogP contribution in [0.15, 0.2) is 30.6 Å². The van der Waals surface area contributed by atoms with Crippen LogP contribution in [0.2, 0.25) is 5.02 Å². The fourth-order valence-electron chi connectivity index (χ4n) is 3.17. The number of hydrogen-bond donors (Lipinski definition) is 1. The predicted molar refractivity (Wildman–Crippen MR) is 123 cm³/mol. The number of hydrogen-bond acceptors (Lipinski definition) is 8. The van der Waals surface area contributed by atoms with Crippen molar-refractivity contribution in [3.63, 3.8) is 0 Å². The minimum Gasteiger partial charge on any atom is -0.481 e. The van der Waals surface area contributed by atoms with Crippen LogP contribution in [0.25, 0.3) is 11.5 Å². The monoisotopic (exact) mass is 459 g/mol. The van der Waals surface area contributed by atoms with Gasteiger partial charge in [0.2, 0.25) is 11.8 Å². The van der Waals surface area contributed by atoms with Crippen LogP contribution < -0.4 is 9.46 Å². The molecule has 0 amide bonds. The molecule has 164 valence electrons. The number of nitrogens with one attached hydrogen (secondary N) is 1. The predicted octanol–water partition coefficient (Wildman–Crippen LogP) is 4.84. The molecule has 4 rings (SSSR count). The molecule has 0 aliphatic heterocycles. The van der Waals surface area contributed by atoms with Gasteiger partial charge in [0, 0.05) is 36.2 Å². The largest absolute Gasteiger partial charge is 0.481 e. The number of halogens is 1. The van der Waals surface area contributed by atoms with Crippen molar-refractivity contribution in [1.82, 2.24) is 29.7 Å². The number of methoxy groups -OCH3 is 1. The third kappa shape index (κ3) is 5.46. The first-order chi connectivity index (χ1) is 15.0. The maximum Gasteiger partial charge on any atom is 0.234 e. The molecule has 31 heavy (non-hydrogen) atoms. The van der Waals surface area contributed by atoms with Gasteiger partial charge in [0.05, 0.1) is 12.1 Å². The van der Waals surface area contributed by atoms with E-state index in [-0.39, 0.29) is 11.2 Å². The van der Waals surface area contributed by atoms with Crippen LogP contribution in [0.4, 0.5) is 5.95 Å². The van der Waals surface area contributed by atoms with Gasteiger partial charge in [0.1, 0.15) is 11.5 Å². The summed E-state index contributed by atoms with van der Waals surface area (Å²) < 4.78 is 10.8. The van der Waals surface area contributed by atoms with E-state index in [1.54, 1.807) is 31.5 Å². The molecule has 2 atom stereocenters. The second-order valence-electron chi connectivity index (χ2n) is 7.77. The van der Waals surface area contributed by atoms with Crippen molar-refractivity contribution in [1.29, 1.82) is 0 Å². The van der Waals surface area contributed by atoms with Crippen molar-refractivity contribution in [2.24, 2.45) is 5.92 Å². The summed E-state index contributed by atoms with van der Waals surface area (Å²) in [7, 11) is 1.61. The van der Waals surface area contributed by atoms with Crippen molar-refractivity contribution in [2.75, 3.05) is 11.8 Å². The van der Waals surface area contributed by atoms with Crippen LogP contribution >= 0.6 is 23.5 Å². The Morgan fingerprint density at radius 3 is 2.71 bits per heavy atom. The third-order valence-electron chi connectivity index (χ3n) is 5.46. The zero-order valence-electron chi connectivity index (χ0n) is 17.8. The molecule has 1 aliphatic rings. The Morgan fingerprint density at radius 2 is 2.00 bits per heavy atom. The van der Waals surface area contributed by atoms with E-state index in [9.17, 15) is 0 Å². The first-order valence-electron chi connectivity index (χ1n) is 10.4. The Kier molecular flexibility index (Phi) is 6.92. The standard InChI is InChI=1S/C21H26ClN7OS/c1-13(19-23-11-16(22)12-24-19)14(2)31-28-21-27-26-20(29(21)10-9-15-7-8-15)17-5-4-6-18(25-17)30-3/h4-6,11-15H,7-10H2,1-3H3,(H,27,28). The van der Waals surface area contributed by atoms with Crippen molar-refractivity contribution < 1.29 is 4.74 Å². The fraction of sp³-hybridized carbons (Fsp3) is 0.476. The maximum atomic E-state index is 5.91. The summed E-state index contributed by atoms with van der Waals surface area (Å²) in [6.07, 6.45) is 6.99. The normalized spacial score (nSPS) is 15.5. The molecule has 1 aliphatic carbocycles. The summed E-state index contributed by atoms with van der Waals surface area (Å²) in [6.45, 7) is 5.08. The molecule has 3 heterocycles. The zero-order valence-corrected chi connectivity index (χ0v) is 19.4. The third-order valence-corrected chi connectivity index (χ3v) is 6.73. The lowest BCUT2D eigenvalue weighted by Crippen LogP contribution is -2.15. The summed E-state index contributed by atoms with van der Waals surface area (Å²) in [5, 5.41) is 9.58. The first-order valence-corrected chi connectivity index (χ1v) is 11.6. The van der Waals surface area contributed by atoms with Gasteiger partial charge in [-0.05, 0) is 30.4 Å². The molecular formula is C21H26ClN7OS. The van der Waals surface area contributed by atoms with E-state index in [0.717, 1.165) is 42.2 Å². The highest BCUT2D eigenvalue weighted by molar-refractivity contribution is 8.01. The van der Waals surface area contributed by atoms with E-state index in [0.29, 0.717) is 10.9 Å². The van der Waals surface area contributed by atoms with E-state index in [1.807, 2.05) is 18.2 Å². The quantitative estimate of drug-likeness (QED) is 0.430. The first kappa shape index (κ1) is 21.8. The minimum absolute atomic E-state index is 0.136. The second-order valence-corrected chi connectivity index (χ2v) is 9.39. The number of ether oxygens (including phenoxy) is 1. The molecule has 3 aromatic heterocycles. The average molecular weight is 460 g/mol. The summed E-state index contributed by atoms with van der Waals surface area (Å²) in [4.78, 5) is 13.2. The lowest BCUT2D eigenvalue weighted by molar-refractivity contribution is 0.398. The summed E-state index contributed by atoms with van der Waals surface area (Å²) in [6, 6.07) is 5.67. The molecule has 2 unspecified atom stereocenters. The highest BCUT2D eigenvalue weighted by atomic mass is 35.5. The Morgan fingerprint density at radius 1 is 1.23 bits per heavy atom. The maximum absolute atomic E-state index is 5.91. The lowest BCUT2D eigenvalue weighted by atomic mass is 10.1. The van der Waals surface area contributed by atoms with E-state index in [4.69, 9.17) is 16.3 Å². The topological polar surface area (TPSA) is 90.6 Å². The summed E-state index contributed by atoms with van der Waals surface area (Å²) in [5.74, 6) is 3.73. The summed E-state index contributed by atoms with van der Waals surface area (Å²) >= 11 is 7.49. The van der Waals surface area contributed by atoms with Crippen LogP contribution in [0.1, 0.15) is 44.9 Å². The van der Waals surface area contributed by atoms with Crippen molar-refractivity contribution >= 4 is 29.5 Å². The van der Waals surface area contributed by atoms with Crippen LogP contribution in [-0.4, -0.2) is 42.1 Å². The van der Waals surface area contributed by atoms with E-state index in [2.05, 4.69) is 48.3 Å². The Hall–Kier alpha value is -2.39. The van der Waals surface area contributed by atoms with Crippen molar-refractivity contribution in [2.45, 2.75) is 50.8 Å². The van der Waals surface area contributed by atoms with Gasteiger partial charge in [-0.15, -0.1) is 10.2 Å². The average Bonchev–Trinajstić information content (AvgIpc) is 3.54. The molecule has 0 spiro atoms. The van der Waals surface area contributed by atoms with Crippen molar-refractivity contribution in [3.8, 4) is 17.4 Å². The molecule has 1 N–H and O–H groups in total. The molecule has 0 saturated heterocycles. The van der Waals surface area contributed by atoms with E-state index >= 15 is 0 Å². The number of rotatable bonds is 10. The highest BCUT2D eigenvalue weighted by Crippen LogP contribution is 2.34. The molecule has 0 aromatic carbocycles. The van der Waals surface area contributed by atoms with Crippen molar-refractivity contribution in [3.05, 3.63) is 41.4 Å². The van der Waals surface area contributed by atoms with Gasteiger partial charge < -0.3 is 4.74 Å². The molecule has 3 aromatic rings. The zero-order chi connectivity index (χ0) is 21.8. The lowest BCUT2D eigenvalue weighted by Gasteiger charge is -2.19. The number of anilines is 1. The minimum atomic E-state index is 0.136. The smallest absolute Gasteiger partial charge is 0.234 e. The Bertz CT molecular complexity index is 1010. The van der Waals surface area contributed by atoms with Gasteiger partial charge in [-0.1, -0.05) is 44.4 Å². The van der Waals surface area contributed by atoms with Gasteiger partial charge in [-0.25, -0.2) is 15.0 Å². The molecule has 1 saturated carbocycles. The molecular weight excluding hydrogens is 434 g/mol. The van der Waals surface area contributed by atoms with Crippen LogP contribution in [0.3, 0.4) is 0 Å². The molecule has 0 radical (unpaired) electrons. The van der Waals surface area contributed by atoms with Crippen LogP contribution in [0.5, 0.6) is 5.88 Å². The molecule has 8 nitrogen and oxygen atoms in total.